The van der Waals surface area contributed by atoms with Crippen LogP contribution in [0.4, 0.5) is 0 Å². The number of aliphatic carboxylic acids is 1. The van der Waals surface area contributed by atoms with E-state index in [2.05, 4.69) is 65.6 Å². The molecule has 4 saturated carbocycles. The minimum atomic E-state index is -0.610. The highest BCUT2D eigenvalue weighted by Gasteiger charge is 2.70. The zero-order valence-corrected chi connectivity index (χ0v) is 25.7. The molecule has 40 heavy (non-hydrogen) atoms. The van der Waals surface area contributed by atoms with Gasteiger partial charge in [0.15, 0.2) is 5.78 Å². The summed E-state index contributed by atoms with van der Waals surface area (Å²) in [7, 11) is 0. The molecule has 0 radical (unpaired) electrons. The van der Waals surface area contributed by atoms with Crippen LogP contribution in [-0.4, -0.2) is 21.8 Å². The summed E-state index contributed by atoms with van der Waals surface area (Å²) in [6, 6.07) is 3.98. The second-order valence-electron chi connectivity index (χ2n) is 15.8. The first kappa shape index (κ1) is 27.9. The first-order valence-electron chi connectivity index (χ1n) is 15.8. The third kappa shape index (κ3) is 3.46. The molecule has 1 aromatic heterocycles. The van der Waals surface area contributed by atoms with Crippen LogP contribution in [0.15, 0.2) is 41.7 Å². The Balaban J connectivity index is 1.46. The number of pyridine rings is 1. The maximum Gasteiger partial charge on any atom is 0.310 e. The van der Waals surface area contributed by atoms with Crippen LogP contribution in [0.3, 0.4) is 0 Å². The molecule has 1 aromatic rings. The second kappa shape index (κ2) is 8.88. The first-order valence-corrected chi connectivity index (χ1v) is 15.8. The average Bonchev–Trinajstić information content (AvgIpc) is 2.90. The third-order valence-electron chi connectivity index (χ3n) is 14.0. The van der Waals surface area contributed by atoms with Gasteiger partial charge < -0.3 is 5.11 Å². The zero-order valence-electron chi connectivity index (χ0n) is 25.7. The van der Waals surface area contributed by atoms with Crippen molar-refractivity contribution in [2.45, 2.75) is 99.8 Å². The highest BCUT2D eigenvalue weighted by Crippen LogP contribution is 2.75. The number of carboxylic acids is 1. The van der Waals surface area contributed by atoms with Crippen molar-refractivity contribution < 1.29 is 14.7 Å². The highest BCUT2D eigenvalue weighted by atomic mass is 16.4. The van der Waals surface area contributed by atoms with Crippen molar-refractivity contribution in [3.05, 3.63) is 47.3 Å². The van der Waals surface area contributed by atoms with E-state index in [0.29, 0.717) is 29.5 Å². The fourth-order valence-corrected chi connectivity index (χ4v) is 11.5. The summed E-state index contributed by atoms with van der Waals surface area (Å²) in [6.07, 6.45) is 15.8. The predicted octanol–water partition coefficient (Wildman–Crippen LogP) is 8.39. The van der Waals surface area contributed by atoms with Gasteiger partial charge >= 0.3 is 5.97 Å². The Bertz CT molecular complexity index is 1290. The molecular formula is C36H49NO3. The molecule has 9 atom stereocenters. The Labute approximate surface area is 241 Å². The van der Waals surface area contributed by atoms with Gasteiger partial charge in [0.05, 0.1) is 5.41 Å². The summed E-state index contributed by atoms with van der Waals surface area (Å²) < 4.78 is 0. The molecule has 4 fully saturated rings. The number of fused-ring (bicyclic) bond motifs is 7. The average molecular weight is 544 g/mol. The molecule has 0 amide bonds. The van der Waals surface area contributed by atoms with E-state index in [1.54, 1.807) is 12.4 Å². The number of nitrogens with zero attached hydrogens (tertiary/aromatic N) is 1. The van der Waals surface area contributed by atoms with Crippen LogP contribution in [-0.2, 0) is 9.59 Å². The van der Waals surface area contributed by atoms with Crippen LogP contribution >= 0.6 is 0 Å². The quantitative estimate of drug-likeness (QED) is 0.300. The van der Waals surface area contributed by atoms with E-state index in [1.165, 1.54) is 5.57 Å². The van der Waals surface area contributed by atoms with Crippen LogP contribution in [0.1, 0.15) is 105 Å². The molecule has 1 heterocycles. The predicted molar refractivity (Wildman–Crippen MR) is 159 cm³/mol. The Hall–Kier alpha value is -2.23. The van der Waals surface area contributed by atoms with Crippen molar-refractivity contribution in [1.82, 2.24) is 4.98 Å². The smallest absolute Gasteiger partial charge is 0.310 e. The monoisotopic (exact) mass is 543 g/mol. The highest BCUT2D eigenvalue weighted by molar-refractivity contribution is 6.04. The molecule has 6 rings (SSSR count). The molecule has 0 aromatic carbocycles. The number of carbonyl (C=O) groups is 2. The van der Waals surface area contributed by atoms with Gasteiger partial charge in [0.25, 0.3) is 0 Å². The molecule has 0 spiro atoms. The fraction of sp³-hybridized carbons (Fsp3) is 0.694. The molecule has 0 unspecified atom stereocenters. The fourth-order valence-electron chi connectivity index (χ4n) is 11.5. The van der Waals surface area contributed by atoms with Gasteiger partial charge in [0.2, 0.25) is 0 Å². The number of carbonyl (C=O) groups excluding carboxylic acids is 1. The largest absolute Gasteiger partial charge is 0.481 e. The summed E-state index contributed by atoms with van der Waals surface area (Å²) in [6.45, 7) is 16.6. The van der Waals surface area contributed by atoms with Gasteiger partial charge in [-0.05, 0) is 127 Å². The van der Waals surface area contributed by atoms with Crippen LogP contribution in [0, 0.1) is 56.7 Å². The third-order valence-corrected chi connectivity index (χ3v) is 14.0. The lowest BCUT2D eigenvalue weighted by Gasteiger charge is -2.70. The molecule has 0 aliphatic heterocycles. The maximum absolute atomic E-state index is 14.0. The van der Waals surface area contributed by atoms with Crippen molar-refractivity contribution >= 4 is 17.8 Å². The van der Waals surface area contributed by atoms with E-state index in [-0.39, 0.29) is 22.2 Å². The van der Waals surface area contributed by atoms with Crippen LogP contribution < -0.4 is 0 Å². The molecule has 0 saturated heterocycles. The molecule has 5 aliphatic carbocycles. The van der Waals surface area contributed by atoms with Gasteiger partial charge in [-0.1, -0.05) is 60.1 Å². The minimum Gasteiger partial charge on any atom is -0.481 e. The lowest BCUT2D eigenvalue weighted by molar-refractivity contribution is -0.185. The van der Waals surface area contributed by atoms with Crippen molar-refractivity contribution in [2.75, 3.05) is 0 Å². The Morgan fingerprint density at radius 2 is 1.68 bits per heavy atom. The number of carboxylic acid groups (broad SMARTS) is 1. The molecule has 1 N–H and O–H groups in total. The number of Topliss-reactive ketones (excluding diaryl/α,β-unsaturated/α-hetero) is 1. The summed E-state index contributed by atoms with van der Waals surface area (Å²) >= 11 is 0. The lowest BCUT2D eigenvalue weighted by Crippen LogP contribution is -2.65. The summed E-state index contributed by atoms with van der Waals surface area (Å²) in [5.41, 5.74) is 2.52. The minimum absolute atomic E-state index is 0.00111. The van der Waals surface area contributed by atoms with E-state index < -0.39 is 16.8 Å². The number of ketones is 1. The second-order valence-corrected chi connectivity index (χ2v) is 15.8. The summed E-state index contributed by atoms with van der Waals surface area (Å²) in [5, 5.41) is 10.7. The molecule has 5 aliphatic rings. The van der Waals surface area contributed by atoms with Crippen LogP contribution in [0.2, 0.25) is 0 Å². The molecule has 4 nitrogen and oxygen atoms in total. The number of aromatic nitrogens is 1. The van der Waals surface area contributed by atoms with Gasteiger partial charge in [-0.15, -0.1) is 0 Å². The molecule has 4 heteroatoms. The van der Waals surface area contributed by atoms with E-state index >= 15 is 0 Å². The van der Waals surface area contributed by atoms with Crippen molar-refractivity contribution in [1.29, 1.82) is 0 Å². The normalized spacial score (nSPS) is 46.9. The molecule has 0 bridgehead atoms. The molecular weight excluding hydrogens is 494 g/mol. The van der Waals surface area contributed by atoms with Gasteiger partial charge in [-0.3, -0.25) is 14.6 Å². The molecule has 216 valence electrons. The van der Waals surface area contributed by atoms with E-state index in [0.717, 1.165) is 62.5 Å². The zero-order chi connectivity index (χ0) is 28.9. The van der Waals surface area contributed by atoms with E-state index in [9.17, 15) is 14.7 Å². The van der Waals surface area contributed by atoms with Crippen molar-refractivity contribution in [2.24, 2.45) is 56.7 Å². The number of rotatable bonds is 2. The number of hydrogen-bond donors (Lipinski definition) is 1. The number of allylic oxidation sites excluding steroid dienone is 3. The maximum atomic E-state index is 14.0. The van der Waals surface area contributed by atoms with Crippen molar-refractivity contribution in [3.8, 4) is 0 Å². The van der Waals surface area contributed by atoms with Crippen LogP contribution in [0.5, 0.6) is 0 Å². The lowest BCUT2D eigenvalue weighted by atomic mass is 9.33. The SMILES string of the molecule is C[C@H]1[C@H](C)CC[C@]2(C(=O)O)CC[C@]3(C)C(=CC[C@@H]4[C@@]5(C)C/C(=C\c6ccncc6)C(=O)C(C)(C)[C@@H]5CC[C@]43C)[C@H]12. The summed E-state index contributed by atoms with van der Waals surface area (Å²) in [4.78, 5) is 31.1. The van der Waals surface area contributed by atoms with Crippen LogP contribution in [0.25, 0.3) is 6.08 Å². The standard InChI is InChI=1S/C36H49NO3/c1-22-10-15-36(31(39)40)17-16-34(6)26(29(36)23(22)2)8-9-28-33(5)21-25(20-24-12-18-37-19-13-24)30(38)32(3,4)27(33)11-14-35(28,34)7/h8,12-13,18-20,22-23,27-29H,9-11,14-17,21H2,1-7H3,(H,39,40)/b25-20+/t22-,23+,27+,28-,29+,33+,34-,35-,36+/m1/s1. The summed E-state index contributed by atoms with van der Waals surface area (Å²) in [5.74, 6) is 1.59. The Morgan fingerprint density at radius 1 is 0.975 bits per heavy atom. The topological polar surface area (TPSA) is 67.3 Å². The van der Waals surface area contributed by atoms with Gasteiger partial charge in [0.1, 0.15) is 0 Å². The van der Waals surface area contributed by atoms with Crippen molar-refractivity contribution in [3.63, 3.8) is 0 Å². The van der Waals surface area contributed by atoms with E-state index in [1.807, 2.05) is 12.1 Å². The van der Waals surface area contributed by atoms with Gasteiger partial charge in [0, 0.05) is 17.8 Å². The van der Waals surface area contributed by atoms with E-state index in [4.69, 9.17) is 0 Å². The Kier molecular flexibility index (Phi) is 6.20. The first-order chi connectivity index (χ1) is 18.7. The van der Waals surface area contributed by atoms with Gasteiger partial charge in [-0.25, -0.2) is 0 Å². The van der Waals surface area contributed by atoms with Gasteiger partial charge in [-0.2, -0.15) is 0 Å². The number of hydrogen-bond acceptors (Lipinski definition) is 3. The Morgan fingerprint density at radius 3 is 2.35 bits per heavy atom.